The van der Waals surface area contributed by atoms with Crippen molar-refractivity contribution in [1.82, 2.24) is 9.78 Å². The Morgan fingerprint density at radius 1 is 1.47 bits per heavy atom. The van der Waals surface area contributed by atoms with Gasteiger partial charge >= 0.3 is 0 Å². The lowest BCUT2D eigenvalue weighted by Crippen LogP contribution is -1.99. The maximum Gasteiger partial charge on any atom is 0.156 e. The van der Waals surface area contributed by atoms with E-state index in [2.05, 4.69) is 21.0 Å². The number of aryl methyl sites for hydroxylation is 1. The third-order valence-corrected chi connectivity index (χ3v) is 3.02. The quantitative estimate of drug-likeness (QED) is 0.883. The van der Waals surface area contributed by atoms with Crippen molar-refractivity contribution in [2.24, 2.45) is 0 Å². The Morgan fingerprint density at radius 2 is 2.29 bits per heavy atom. The van der Waals surface area contributed by atoms with E-state index in [1.165, 1.54) is 0 Å². The van der Waals surface area contributed by atoms with Crippen molar-refractivity contribution in [2.45, 2.75) is 20.1 Å². The lowest BCUT2D eigenvalue weighted by molar-refractivity contribution is 0.306. The van der Waals surface area contributed by atoms with Gasteiger partial charge in [0.1, 0.15) is 6.61 Å². The Balaban J connectivity index is 2.07. The Labute approximate surface area is 109 Å². The minimum absolute atomic E-state index is 0.465. The van der Waals surface area contributed by atoms with Crippen LogP contribution in [-0.2, 0) is 13.2 Å². The van der Waals surface area contributed by atoms with Crippen molar-refractivity contribution in [3.63, 3.8) is 0 Å². The molecule has 4 nitrogen and oxygen atoms in total. The fourth-order valence-corrected chi connectivity index (χ4v) is 1.98. The number of nitrogens with two attached hydrogens (primary N) is 1. The third-order valence-electron chi connectivity index (χ3n) is 2.39. The molecular weight excluding hydrogens is 282 g/mol. The summed E-state index contributed by atoms with van der Waals surface area (Å²) in [4.78, 5) is 0. The van der Waals surface area contributed by atoms with Gasteiger partial charge in [-0.25, -0.2) is 0 Å². The molecule has 2 rings (SSSR count). The molecule has 0 unspecified atom stereocenters. The minimum Gasteiger partial charge on any atom is -0.485 e. The number of hydrogen-bond donors (Lipinski definition) is 1. The van der Waals surface area contributed by atoms with Gasteiger partial charge in [0.15, 0.2) is 5.75 Å². The smallest absolute Gasteiger partial charge is 0.156 e. The van der Waals surface area contributed by atoms with Crippen molar-refractivity contribution in [2.75, 3.05) is 5.73 Å². The molecule has 17 heavy (non-hydrogen) atoms. The van der Waals surface area contributed by atoms with Gasteiger partial charge < -0.3 is 10.5 Å². The number of rotatable bonds is 4. The molecule has 2 aromatic rings. The van der Waals surface area contributed by atoms with Gasteiger partial charge in [-0.3, -0.25) is 4.68 Å². The molecule has 2 N–H and O–H groups in total. The fraction of sp³-hybridized carbons (Fsp3) is 0.250. The van der Waals surface area contributed by atoms with Gasteiger partial charge in [0.25, 0.3) is 0 Å². The number of nitrogen functional groups attached to an aromatic ring is 1. The summed E-state index contributed by atoms with van der Waals surface area (Å²) in [6.45, 7) is 3.37. The van der Waals surface area contributed by atoms with E-state index in [9.17, 15) is 0 Å². The summed E-state index contributed by atoms with van der Waals surface area (Å²) in [6, 6.07) is 5.60. The highest BCUT2D eigenvalue weighted by Gasteiger charge is 2.06. The van der Waals surface area contributed by atoms with Gasteiger partial charge in [-0.2, -0.15) is 5.10 Å². The first-order valence-electron chi connectivity index (χ1n) is 5.39. The van der Waals surface area contributed by atoms with E-state index >= 15 is 0 Å². The van der Waals surface area contributed by atoms with Gasteiger partial charge in [-0.15, -0.1) is 0 Å². The number of nitrogens with zero attached hydrogens (tertiary/aromatic N) is 2. The first kappa shape index (κ1) is 12.0. The molecule has 0 atom stereocenters. The van der Waals surface area contributed by atoms with Crippen LogP contribution in [0.1, 0.15) is 12.5 Å². The van der Waals surface area contributed by atoms with Crippen LogP contribution >= 0.6 is 15.9 Å². The highest BCUT2D eigenvalue weighted by atomic mass is 79.9. The molecule has 0 bridgehead atoms. The Morgan fingerprint density at radius 3 is 2.94 bits per heavy atom. The second-order valence-corrected chi connectivity index (χ2v) is 4.51. The number of benzene rings is 1. The summed E-state index contributed by atoms with van der Waals surface area (Å²) in [7, 11) is 0. The van der Waals surface area contributed by atoms with E-state index < -0.39 is 0 Å². The average Bonchev–Trinajstić information content (AvgIpc) is 2.76. The van der Waals surface area contributed by atoms with Crippen LogP contribution in [-0.4, -0.2) is 9.78 Å². The number of ether oxygens (including phenoxy) is 1. The number of hydrogen-bond acceptors (Lipinski definition) is 3. The molecular formula is C12H14BrN3O. The zero-order chi connectivity index (χ0) is 12.3. The van der Waals surface area contributed by atoms with E-state index in [0.717, 1.165) is 16.6 Å². The topological polar surface area (TPSA) is 53.1 Å². The van der Waals surface area contributed by atoms with Gasteiger partial charge in [-0.05, 0) is 35.0 Å². The summed E-state index contributed by atoms with van der Waals surface area (Å²) < 4.78 is 8.41. The van der Waals surface area contributed by atoms with Crippen LogP contribution in [0.3, 0.4) is 0 Å². The van der Waals surface area contributed by atoms with Crippen molar-refractivity contribution < 1.29 is 4.74 Å². The molecule has 0 aliphatic heterocycles. The van der Waals surface area contributed by atoms with Crippen LogP contribution in [0.2, 0.25) is 0 Å². The van der Waals surface area contributed by atoms with E-state index in [0.29, 0.717) is 18.0 Å². The second-order valence-electron chi connectivity index (χ2n) is 3.65. The highest BCUT2D eigenvalue weighted by Crippen LogP contribution is 2.31. The number of anilines is 1. The van der Waals surface area contributed by atoms with Crippen LogP contribution in [0.25, 0.3) is 0 Å². The maximum atomic E-state index is 5.84. The molecule has 0 aliphatic carbocycles. The Hall–Kier alpha value is -1.49. The monoisotopic (exact) mass is 295 g/mol. The molecule has 0 fully saturated rings. The first-order valence-corrected chi connectivity index (χ1v) is 6.18. The predicted molar refractivity (Wildman–Crippen MR) is 70.8 cm³/mol. The summed E-state index contributed by atoms with van der Waals surface area (Å²) in [5, 5.41) is 4.19. The second kappa shape index (κ2) is 5.23. The molecule has 0 aliphatic rings. The maximum absolute atomic E-state index is 5.84. The van der Waals surface area contributed by atoms with Crippen molar-refractivity contribution in [1.29, 1.82) is 0 Å². The lowest BCUT2D eigenvalue weighted by Gasteiger charge is -2.09. The minimum atomic E-state index is 0.465. The number of halogens is 1. The summed E-state index contributed by atoms with van der Waals surface area (Å²) in [5.74, 6) is 0.678. The third kappa shape index (κ3) is 2.79. The first-order chi connectivity index (χ1) is 8.20. The fourth-order valence-electron chi connectivity index (χ4n) is 1.49. The number of aromatic nitrogens is 2. The van der Waals surface area contributed by atoms with Crippen LogP contribution in [0.15, 0.2) is 35.1 Å². The normalized spacial score (nSPS) is 10.5. The Kier molecular flexibility index (Phi) is 3.68. The van der Waals surface area contributed by atoms with E-state index in [4.69, 9.17) is 10.5 Å². The zero-order valence-corrected chi connectivity index (χ0v) is 11.1. The van der Waals surface area contributed by atoms with E-state index in [-0.39, 0.29) is 0 Å². The SMILES string of the molecule is CCn1cc(COc2c(N)cccc2Br)cn1. The van der Waals surface area contributed by atoms with Crippen molar-refractivity contribution in [3.8, 4) is 5.75 Å². The molecule has 5 heteroatoms. The molecule has 0 spiro atoms. The van der Waals surface area contributed by atoms with Crippen molar-refractivity contribution in [3.05, 3.63) is 40.6 Å². The van der Waals surface area contributed by atoms with Crippen LogP contribution in [0, 0.1) is 0 Å². The molecule has 0 radical (unpaired) electrons. The molecule has 90 valence electrons. The van der Waals surface area contributed by atoms with Crippen molar-refractivity contribution >= 4 is 21.6 Å². The van der Waals surface area contributed by atoms with Gasteiger partial charge in [-0.1, -0.05) is 6.07 Å². The van der Waals surface area contributed by atoms with Gasteiger partial charge in [0, 0.05) is 18.3 Å². The summed E-state index contributed by atoms with van der Waals surface area (Å²) in [5.41, 5.74) is 7.50. The molecule has 1 heterocycles. The largest absolute Gasteiger partial charge is 0.485 e. The predicted octanol–water partition coefficient (Wildman–Crippen LogP) is 2.83. The highest BCUT2D eigenvalue weighted by molar-refractivity contribution is 9.10. The zero-order valence-electron chi connectivity index (χ0n) is 9.56. The molecule has 0 saturated heterocycles. The average molecular weight is 296 g/mol. The van der Waals surface area contributed by atoms with E-state index in [1.807, 2.05) is 36.0 Å². The summed E-state index contributed by atoms with van der Waals surface area (Å²) >= 11 is 3.41. The number of para-hydroxylation sites is 1. The van der Waals surface area contributed by atoms with Crippen LogP contribution in [0.5, 0.6) is 5.75 Å². The molecule has 0 amide bonds. The Bertz CT molecular complexity index is 490. The van der Waals surface area contributed by atoms with Crippen LogP contribution < -0.4 is 10.5 Å². The van der Waals surface area contributed by atoms with Gasteiger partial charge in [0.05, 0.1) is 16.4 Å². The van der Waals surface area contributed by atoms with Crippen LogP contribution in [0.4, 0.5) is 5.69 Å². The van der Waals surface area contributed by atoms with Gasteiger partial charge in [0.2, 0.25) is 0 Å². The molecule has 0 saturated carbocycles. The molecule has 1 aromatic carbocycles. The summed E-state index contributed by atoms with van der Waals surface area (Å²) in [6.07, 6.45) is 3.77. The molecule has 1 aromatic heterocycles. The standard InChI is InChI=1S/C12H14BrN3O/c1-2-16-7-9(6-15-16)8-17-12-10(13)4-3-5-11(12)14/h3-7H,2,8,14H2,1H3. The lowest BCUT2D eigenvalue weighted by atomic mass is 10.3. The van der Waals surface area contributed by atoms with E-state index in [1.54, 1.807) is 6.20 Å².